The van der Waals surface area contributed by atoms with Crippen molar-refractivity contribution in [3.8, 4) is 51.4 Å². The van der Waals surface area contributed by atoms with Crippen LogP contribution in [0.4, 0.5) is 0 Å². The third kappa shape index (κ3) is 5.53. The van der Waals surface area contributed by atoms with Crippen LogP contribution in [0.15, 0.2) is 30.3 Å². The highest BCUT2D eigenvalue weighted by atomic mass is 33.1. The van der Waals surface area contributed by atoms with Crippen molar-refractivity contribution < 1.29 is 44.5 Å². The Morgan fingerprint density at radius 1 is 0.957 bits per heavy atom. The molecule has 7 rings (SSSR count). The second-order valence-electron chi connectivity index (χ2n) is 13.1. The standard InChI is InChI=1S/C36H42O9S2/c1-17-8-11-46-47-28-7-4-18(17)12-19-13-23-29(21-6-5-20(38)14-22(19)21)25(44-10-9-37)16-26-30(23)31(28)34(41)35(45-26)24-15-27(42-2)33(40)36(43-3)32(24)39/h5-6,14-19,28,31,34-35,37-41H,4,7-13H2,1-3H3. The van der Waals surface area contributed by atoms with E-state index >= 15 is 0 Å². The SMILES string of the molecule is COc1cc(C2Oc3cc(OCCO)c4c5c3C(C3CCC(CC(C5)c5cc(O)ccc5-4)C(C)CCSS3)C2O)c(O)c(OC)c1O. The number of hydrogen-bond acceptors (Lipinski definition) is 11. The molecule has 0 amide bonds. The molecule has 4 aliphatic rings. The molecule has 0 aromatic heterocycles. The highest BCUT2D eigenvalue weighted by molar-refractivity contribution is 8.76. The number of ether oxygens (including phenoxy) is 4. The monoisotopic (exact) mass is 682 g/mol. The summed E-state index contributed by atoms with van der Waals surface area (Å²) in [4.78, 5) is 0. The van der Waals surface area contributed by atoms with Gasteiger partial charge in [-0.15, -0.1) is 0 Å². The highest BCUT2D eigenvalue weighted by Crippen LogP contribution is 2.60. The second-order valence-corrected chi connectivity index (χ2v) is 15.9. The van der Waals surface area contributed by atoms with Crippen LogP contribution >= 0.6 is 21.6 Å². The first kappa shape index (κ1) is 32.4. The van der Waals surface area contributed by atoms with E-state index in [1.807, 2.05) is 39.8 Å². The third-order valence-corrected chi connectivity index (χ3v) is 13.6. The van der Waals surface area contributed by atoms with Crippen LogP contribution in [-0.4, -0.2) is 70.1 Å². The summed E-state index contributed by atoms with van der Waals surface area (Å²) in [5.74, 6) is 2.40. The molecule has 3 aromatic carbocycles. The number of aromatic hydroxyl groups is 3. The lowest BCUT2D eigenvalue weighted by Crippen LogP contribution is -2.41. The predicted octanol–water partition coefficient (Wildman–Crippen LogP) is 6.67. The van der Waals surface area contributed by atoms with Gasteiger partial charge in [-0.25, -0.2) is 0 Å². The predicted molar refractivity (Wildman–Crippen MR) is 183 cm³/mol. The number of hydrogen-bond donors (Lipinski definition) is 5. The zero-order chi connectivity index (χ0) is 33.0. The molecule has 11 heteroatoms. The molecule has 9 nitrogen and oxygen atoms in total. The van der Waals surface area contributed by atoms with Crippen LogP contribution in [0.5, 0.6) is 40.2 Å². The molecule has 47 heavy (non-hydrogen) atoms. The summed E-state index contributed by atoms with van der Waals surface area (Å²) < 4.78 is 23.7. The van der Waals surface area contributed by atoms with E-state index in [4.69, 9.17) is 18.9 Å². The summed E-state index contributed by atoms with van der Waals surface area (Å²) >= 11 is 0. The van der Waals surface area contributed by atoms with Crippen molar-refractivity contribution >= 4 is 21.6 Å². The molecule has 5 N–H and O–H groups in total. The maximum atomic E-state index is 12.5. The van der Waals surface area contributed by atoms with Crippen LogP contribution < -0.4 is 18.9 Å². The van der Waals surface area contributed by atoms with Gasteiger partial charge in [-0.2, -0.15) is 0 Å². The molecule has 1 saturated heterocycles. The molecule has 252 valence electrons. The van der Waals surface area contributed by atoms with Crippen LogP contribution in [0.1, 0.15) is 72.8 Å². The van der Waals surface area contributed by atoms with Gasteiger partial charge in [0.25, 0.3) is 0 Å². The average Bonchev–Trinajstić information content (AvgIpc) is 3.15. The van der Waals surface area contributed by atoms with Gasteiger partial charge in [0, 0.05) is 39.7 Å². The summed E-state index contributed by atoms with van der Waals surface area (Å²) in [6.07, 6.45) is 2.63. The smallest absolute Gasteiger partial charge is 0.207 e. The van der Waals surface area contributed by atoms with Crippen LogP contribution in [0, 0.1) is 11.8 Å². The number of aliphatic hydroxyl groups is 2. The largest absolute Gasteiger partial charge is 0.508 e. The molecule has 2 aliphatic heterocycles. The van der Waals surface area contributed by atoms with Crippen LogP contribution in [0.3, 0.4) is 0 Å². The van der Waals surface area contributed by atoms with E-state index in [2.05, 4.69) is 6.92 Å². The van der Waals surface area contributed by atoms with Crippen molar-refractivity contribution in [2.45, 2.75) is 68.3 Å². The van der Waals surface area contributed by atoms with E-state index in [0.29, 0.717) is 29.8 Å². The van der Waals surface area contributed by atoms with Crippen LogP contribution in [-0.2, 0) is 6.42 Å². The van der Waals surface area contributed by atoms with Gasteiger partial charge in [-0.05, 0) is 84.7 Å². The Bertz CT molecular complexity index is 1660. The Kier molecular flexibility index (Phi) is 9.01. The lowest BCUT2D eigenvalue weighted by atomic mass is 9.67. The number of methoxy groups -OCH3 is 2. The van der Waals surface area contributed by atoms with Crippen LogP contribution in [0.25, 0.3) is 11.1 Å². The number of rotatable bonds is 6. The molecule has 7 atom stereocenters. The molecule has 0 radical (unpaired) electrons. The lowest BCUT2D eigenvalue weighted by molar-refractivity contribution is -0.00379. The number of benzene rings is 3. The van der Waals surface area contributed by atoms with Gasteiger partial charge in [0.15, 0.2) is 17.6 Å². The number of phenols is 3. The van der Waals surface area contributed by atoms with E-state index in [0.717, 1.165) is 59.3 Å². The van der Waals surface area contributed by atoms with Crippen molar-refractivity contribution in [3.05, 3.63) is 52.6 Å². The number of phenolic OH excluding ortho intramolecular Hbond substituents is 3. The van der Waals surface area contributed by atoms with Gasteiger partial charge in [0.2, 0.25) is 11.5 Å². The topological polar surface area (TPSA) is 138 Å². The van der Waals surface area contributed by atoms with Gasteiger partial charge < -0.3 is 44.5 Å². The Morgan fingerprint density at radius 3 is 2.55 bits per heavy atom. The number of aliphatic hydroxyl groups excluding tert-OH is 2. The minimum Gasteiger partial charge on any atom is -0.508 e. The van der Waals surface area contributed by atoms with E-state index < -0.39 is 12.2 Å². The maximum absolute atomic E-state index is 12.5. The van der Waals surface area contributed by atoms with Gasteiger partial charge in [-0.1, -0.05) is 34.6 Å². The second kappa shape index (κ2) is 13.1. The Balaban J connectivity index is 1.50. The molecular formula is C36H42O9S2. The van der Waals surface area contributed by atoms with Crippen molar-refractivity contribution in [2.24, 2.45) is 11.8 Å². The first-order valence-corrected chi connectivity index (χ1v) is 18.7. The van der Waals surface area contributed by atoms with Crippen molar-refractivity contribution in [1.29, 1.82) is 0 Å². The zero-order valence-electron chi connectivity index (χ0n) is 26.8. The fourth-order valence-corrected chi connectivity index (χ4v) is 11.4. The van der Waals surface area contributed by atoms with E-state index in [-0.39, 0.29) is 64.6 Å². The summed E-state index contributed by atoms with van der Waals surface area (Å²) in [6.45, 7) is 2.28. The van der Waals surface area contributed by atoms with Gasteiger partial charge in [-0.3, -0.25) is 0 Å². The molecule has 1 fully saturated rings. The molecule has 3 aromatic rings. The molecule has 7 unspecified atom stereocenters. The van der Waals surface area contributed by atoms with E-state index in [1.165, 1.54) is 20.3 Å². The van der Waals surface area contributed by atoms with Crippen molar-refractivity contribution in [1.82, 2.24) is 0 Å². The average molecular weight is 683 g/mol. The van der Waals surface area contributed by atoms with Gasteiger partial charge in [0.1, 0.15) is 30.0 Å². The normalized spacial score (nSPS) is 27.8. The van der Waals surface area contributed by atoms with E-state index in [1.54, 1.807) is 6.07 Å². The highest BCUT2D eigenvalue weighted by Gasteiger charge is 2.48. The Labute approximate surface area is 282 Å². The molecule has 2 aliphatic carbocycles. The molecule has 0 saturated carbocycles. The van der Waals surface area contributed by atoms with Gasteiger partial charge in [0.05, 0.1) is 20.8 Å². The first-order chi connectivity index (χ1) is 22.7. The Hall–Kier alpha value is -3.12. The van der Waals surface area contributed by atoms with Crippen molar-refractivity contribution in [2.75, 3.05) is 33.2 Å². The minimum atomic E-state index is -1.06. The molecule has 0 spiro atoms. The van der Waals surface area contributed by atoms with Crippen LogP contribution in [0.2, 0.25) is 0 Å². The maximum Gasteiger partial charge on any atom is 0.207 e. The minimum absolute atomic E-state index is 0.0436. The van der Waals surface area contributed by atoms with E-state index in [9.17, 15) is 25.5 Å². The lowest BCUT2D eigenvalue weighted by Gasteiger charge is -2.45. The third-order valence-electron chi connectivity index (χ3n) is 10.6. The zero-order valence-corrected chi connectivity index (χ0v) is 28.4. The molecule has 2 heterocycles. The number of fused-ring (bicyclic) bond motifs is 8. The fraction of sp³-hybridized carbons (Fsp3) is 0.500. The summed E-state index contributed by atoms with van der Waals surface area (Å²) in [6, 6.07) is 8.91. The molecule has 4 bridgehead atoms. The quantitative estimate of drug-likeness (QED) is 0.178. The Morgan fingerprint density at radius 2 is 1.79 bits per heavy atom. The molecular weight excluding hydrogens is 641 g/mol. The summed E-state index contributed by atoms with van der Waals surface area (Å²) in [5, 5.41) is 55.0. The van der Waals surface area contributed by atoms with Gasteiger partial charge >= 0.3 is 0 Å². The van der Waals surface area contributed by atoms with Crippen molar-refractivity contribution in [3.63, 3.8) is 0 Å². The fourth-order valence-electron chi connectivity index (χ4n) is 8.31. The first-order valence-electron chi connectivity index (χ1n) is 16.3. The summed E-state index contributed by atoms with van der Waals surface area (Å²) in [5.41, 5.74) is 5.26. The summed E-state index contributed by atoms with van der Waals surface area (Å²) in [7, 11) is 6.45.